The van der Waals surface area contributed by atoms with Crippen LogP contribution in [0.25, 0.3) is 34.2 Å². The van der Waals surface area contributed by atoms with Crippen LogP contribution in [0.1, 0.15) is 58.7 Å². The zero-order valence-electron chi connectivity index (χ0n) is 41.8. The van der Waals surface area contributed by atoms with Crippen molar-refractivity contribution in [2.75, 3.05) is 22.5 Å². The average molecular weight is 1080 g/mol. The van der Waals surface area contributed by atoms with Crippen LogP contribution in [0.2, 0.25) is 5.02 Å². The number of hydrogen-bond acceptors (Lipinski definition) is 12. The first-order valence-corrected chi connectivity index (χ1v) is 26.6. The zero-order chi connectivity index (χ0) is 52.9. The van der Waals surface area contributed by atoms with Crippen molar-refractivity contribution in [3.8, 4) is 34.2 Å². The van der Waals surface area contributed by atoms with Gasteiger partial charge in [0.15, 0.2) is 0 Å². The number of halogens is 2. The van der Waals surface area contributed by atoms with Crippen LogP contribution in [0.5, 0.6) is 0 Å². The Morgan fingerprint density at radius 1 is 0.645 bits per heavy atom. The third-order valence-corrected chi connectivity index (χ3v) is 14.7. The summed E-state index contributed by atoms with van der Waals surface area (Å²) in [4.78, 5) is 52.2. The third kappa shape index (κ3) is 11.5. The molecule has 6 aromatic heterocycles. The molecule has 9 aromatic rings. The fourth-order valence-corrected chi connectivity index (χ4v) is 10.5. The molecule has 76 heavy (non-hydrogen) atoms. The number of H-pyrrole nitrogens is 3. The molecule has 12 rings (SSSR count). The number of urea groups is 3. The molecular formula is C53H52ClFN16O3S2. The molecule has 2 atom stereocenters. The highest BCUT2D eigenvalue weighted by Crippen LogP contribution is 2.33. The Balaban J connectivity index is 0.000000130. The van der Waals surface area contributed by atoms with E-state index in [0.29, 0.717) is 66.7 Å². The van der Waals surface area contributed by atoms with Crippen molar-refractivity contribution in [3.05, 3.63) is 163 Å². The molecule has 0 fully saturated rings. The summed E-state index contributed by atoms with van der Waals surface area (Å²) in [6.45, 7) is 9.79. The second-order valence-corrected chi connectivity index (χ2v) is 20.5. The van der Waals surface area contributed by atoms with Gasteiger partial charge >= 0.3 is 18.1 Å². The number of aryl methyl sites for hydroxylation is 2. The van der Waals surface area contributed by atoms with Gasteiger partial charge in [-0.2, -0.15) is 20.4 Å². The molecule has 9 heterocycles. The third-order valence-electron chi connectivity index (χ3n) is 13.3. The van der Waals surface area contributed by atoms with Crippen molar-refractivity contribution in [1.29, 1.82) is 0 Å². The minimum absolute atomic E-state index is 0.0211. The first-order chi connectivity index (χ1) is 36.8. The molecule has 23 heteroatoms. The van der Waals surface area contributed by atoms with Gasteiger partial charge in [-0.1, -0.05) is 29.8 Å². The molecule has 0 saturated carbocycles. The highest BCUT2D eigenvalue weighted by Gasteiger charge is 2.33. The van der Waals surface area contributed by atoms with E-state index in [2.05, 4.69) is 73.6 Å². The number of benzene rings is 3. The number of fused-ring (bicyclic) bond motifs is 3. The van der Waals surface area contributed by atoms with Crippen molar-refractivity contribution < 1.29 is 18.8 Å². The number of aromatic amines is 3. The number of carbonyl (C=O) groups excluding carboxylic acids is 3. The molecule has 2 unspecified atom stereocenters. The molecule has 0 radical (unpaired) electrons. The van der Waals surface area contributed by atoms with Crippen molar-refractivity contribution in [3.63, 3.8) is 0 Å². The fraction of sp³-hybridized carbons (Fsp3) is 0.245. The Hall–Kier alpha value is -8.34. The minimum Gasteiger partial charge on any atom is -0.320 e. The van der Waals surface area contributed by atoms with Crippen molar-refractivity contribution in [1.82, 2.24) is 65.5 Å². The average Bonchev–Trinajstić information content (AvgIpc) is 4.29. The van der Waals surface area contributed by atoms with Gasteiger partial charge < -0.3 is 30.7 Å². The first kappa shape index (κ1) is 51.2. The molecule has 0 aliphatic carbocycles. The Kier molecular flexibility index (Phi) is 15.2. The summed E-state index contributed by atoms with van der Waals surface area (Å²) < 4.78 is 13.4. The summed E-state index contributed by atoms with van der Waals surface area (Å²) in [5.74, 6) is -0.287. The lowest BCUT2D eigenvalue weighted by Gasteiger charge is -2.33. The minimum atomic E-state index is -0.287. The highest BCUT2D eigenvalue weighted by atomic mass is 35.5. The first-order valence-electron chi connectivity index (χ1n) is 24.4. The smallest absolute Gasteiger partial charge is 0.320 e. The van der Waals surface area contributed by atoms with Crippen LogP contribution in [0.4, 0.5) is 35.8 Å². The topological polar surface area (TPSA) is 235 Å². The normalized spacial score (nSPS) is 15.5. The number of anilines is 3. The highest BCUT2D eigenvalue weighted by molar-refractivity contribution is 7.08. The largest absolute Gasteiger partial charge is 0.322 e. The van der Waals surface area contributed by atoms with Crippen molar-refractivity contribution >= 4 is 69.4 Å². The molecule has 19 nitrogen and oxygen atoms in total. The number of hydrogen-bond donors (Lipinski definition) is 6. The summed E-state index contributed by atoms with van der Waals surface area (Å²) in [5, 5.41) is 43.7. The molecule has 3 aliphatic rings. The van der Waals surface area contributed by atoms with E-state index in [0.717, 1.165) is 79.9 Å². The maximum absolute atomic E-state index is 13.4. The summed E-state index contributed by atoms with van der Waals surface area (Å²) >= 11 is 9.02. The summed E-state index contributed by atoms with van der Waals surface area (Å²) in [6, 6.07) is 22.8. The number of nitrogens with one attached hydrogen (secondary N) is 6. The van der Waals surface area contributed by atoms with E-state index in [1.54, 1.807) is 75.6 Å². The molecule has 388 valence electrons. The fourth-order valence-electron chi connectivity index (χ4n) is 9.28. The van der Waals surface area contributed by atoms with Gasteiger partial charge in [-0.25, -0.2) is 28.7 Å². The number of nitrogens with zero attached hydrogens (tertiary/aromatic N) is 10. The predicted octanol–water partition coefficient (Wildman–Crippen LogP) is 10.9. The quantitative estimate of drug-likeness (QED) is 0.0921. The van der Waals surface area contributed by atoms with Crippen LogP contribution in [0.3, 0.4) is 0 Å². The summed E-state index contributed by atoms with van der Waals surface area (Å²) in [6.07, 6.45) is 3.79. The molecule has 3 aromatic carbocycles. The molecule has 6 amide bonds. The van der Waals surface area contributed by atoms with E-state index in [9.17, 15) is 18.8 Å². The van der Waals surface area contributed by atoms with E-state index in [1.165, 1.54) is 17.4 Å². The monoisotopic (exact) mass is 1080 g/mol. The number of carbonyl (C=O) groups is 3. The van der Waals surface area contributed by atoms with Crippen molar-refractivity contribution in [2.45, 2.75) is 78.7 Å². The Labute approximate surface area is 449 Å². The SMILES string of the molecule is Cc1cc(NC(=O)N2Cc3c(-c4cscn4)n[nH]c3CC2C)ccc1F.Cc1cccc(NC(=O)N2Cc3c(-c4cscn4)n[nH]c3CC2C)c1.O=C(Nc1cccc(Cl)c1)N1CCc2[nH]nc(-c3cccnn3)c2C1. The van der Waals surface area contributed by atoms with Crippen LogP contribution < -0.4 is 16.0 Å². The van der Waals surface area contributed by atoms with Gasteiger partial charge in [0.1, 0.15) is 40.0 Å². The van der Waals surface area contributed by atoms with Gasteiger partial charge in [-0.3, -0.25) is 15.3 Å². The maximum Gasteiger partial charge on any atom is 0.322 e. The van der Waals surface area contributed by atoms with Gasteiger partial charge in [0.25, 0.3) is 0 Å². The lowest BCUT2D eigenvalue weighted by Crippen LogP contribution is -2.44. The standard InChI is InChI=1S/C18H18FN5OS.C18H19N5OS.C17H15ClN6O/c1-10-5-12(3-4-14(10)19)21-18(25)24-7-13-15(6-11(24)2)22-23-17(13)16-8-26-9-20-16;1-11-4-3-5-13(6-11)20-18(24)23-8-14-15(7-12(23)2)21-22-17(14)16-9-25-10-19-16;18-11-3-1-4-12(9-11)20-17(25)24-8-6-14-13(10-24)16(23-22-14)15-5-2-7-19-21-15/h3-5,8-9,11H,6-7H2,1-2H3,(H,21,25)(H,22,23);3-6,9-10,12H,7-8H2,1-2H3,(H,20,24)(H,21,22);1-5,7,9H,6,8,10H2,(H,20,25)(H,22,23). The molecule has 0 spiro atoms. The number of amides is 6. The number of thiazole rings is 2. The van der Waals surface area contributed by atoms with Gasteiger partial charge in [0.2, 0.25) is 0 Å². The maximum atomic E-state index is 13.4. The molecular weight excluding hydrogens is 1030 g/mol. The van der Waals surface area contributed by atoms with Gasteiger partial charge in [0, 0.05) is 111 Å². The summed E-state index contributed by atoms with van der Waals surface area (Å²) in [5.41, 5.74) is 18.2. The van der Waals surface area contributed by atoms with Gasteiger partial charge in [-0.15, -0.1) is 27.8 Å². The van der Waals surface area contributed by atoms with Crippen LogP contribution in [-0.4, -0.2) is 102 Å². The summed E-state index contributed by atoms with van der Waals surface area (Å²) in [7, 11) is 0. The van der Waals surface area contributed by atoms with E-state index >= 15 is 0 Å². The predicted molar refractivity (Wildman–Crippen MR) is 291 cm³/mol. The number of rotatable bonds is 6. The van der Waals surface area contributed by atoms with E-state index < -0.39 is 0 Å². The van der Waals surface area contributed by atoms with Crippen LogP contribution in [0.15, 0.2) is 107 Å². The lowest BCUT2D eigenvalue weighted by molar-refractivity contribution is 0.181. The second kappa shape index (κ2) is 22.6. The second-order valence-electron chi connectivity index (χ2n) is 18.6. The lowest BCUT2D eigenvalue weighted by atomic mass is 9.99. The Morgan fingerprint density at radius 3 is 1.75 bits per heavy atom. The molecule has 6 N–H and O–H groups in total. The van der Waals surface area contributed by atoms with Gasteiger partial charge in [0.05, 0.1) is 30.7 Å². The van der Waals surface area contributed by atoms with Crippen LogP contribution >= 0.6 is 34.3 Å². The van der Waals surface area contributed by atoms with E-state index in [4.69, 9.17) is 11.6 Å². The Bertz CT molecular complexity index is 3490. The van der Waals surface area contributed by atoms with Crippen LogP contribution in [-0.2, 0) is 38.9 Å². The van der Waals surface area contributed by atoms with Crippen molar-refractivity contribution in [2.24, 2.45) is 0 Å². The molecule has 3 aliphatic heterocycles. The Morgan fingerprint density at radius 2 is 1.20 bits per heavy atom. The number of aromatic nitrogens is 10. The van der Waals surface area contributed by atoms with Crippen LogP contribution in [0, 0.1) is 19.7 Å². The van der Waals surface area contributed by atoms with E-state index in [1.807, 2.05) is 72.0 Å². The molecule has 0 saturated heterocycles. The van der Waals surface area contributed by atoms with Gasteiger partial charge in [-0.05, 0) is 99.5 Å². The van der Waals surface area contributed by atoms with E-state index in [-0.39, 0.29) is 36.0 Å². The zero-order valence-corrected chi connectivity index (χ0v) is 44.2. The molecule has 0 bridgehead atoms.